The van der Waals surface area contributed by atoms with E-state index in [-0.39, 0.29) is 11.3 Å². The summed E-state index contributed by atoms with van der Waals surface area (Å²) in [7, 11) is 0. The molecule has 0 aromatic heterocycles. The number of carbonyl (C=O) groups is 1. The summed E-state index contributed by atoms with van der Waals surface area (Å²) in [6, 6.07) is 12.8. The van der Waals surface area contributed by atoms with Gasteiger partial charge in [0, 0.05) is 18.9 Å². The Morgan fingerprint density at radius 3 is 2.32 bits per heavy atom. The maximum atomic E-state index is 14.1. The standard InChI is InChI=1S/C18H15F3N2O2/c1-17(20,21)18(25)11-15(12-5-3-2-4-6-12)22-23(18)16(24)13-7-9-14(19)10-8-13/h2-10,25H,11H2,1H3/t18-/m0/s1. The van der Waals surface area contributed by atoms with Crippen molar-refractivity contribution in [3.05, 3.63) is 71.5 Å². The molecule has 1 atom stereocenters. The number of hydrogen-bond acceptors (Lipinski definition) is 3. The zero-order valence-electron chi connectivity index (χ0n) is 13.3. The normalized spacial score (nSPS) is 20.5. The summed E-state index contributed by atoms with van der Waals surface area (Å²) >= 11 is 0. The molecular weight excluding hydrogens is 333 g/mol. The highest BCUT2D eigenvalue weighted by atomic mass is 19.3. The van der Waals surface area contributed by atoms with Crippen LogP contribution in [0.4, 0.5) is 13.2 Å². The largest absolute Gasteiger partial charge is 0.364 e. The van der Waals surface area contributed by atoms with Crippen LogP contribution < -0.4 is 0 Å². The van der Waals surface area contributed by atoms with E-state index >= 15 is 0 Å². The third-order valence-electron chi connectivity index (χ3n) is 4.08. The average Bonchev–Trinajstić information content (AvgIpc) is 2.95. The number of alkyl halides is 2. The highest BCUT2D eigenvalue weighted by molar-refractivity contribution is 6.05. The molecule has 1 aliphatic heterocycles. The van der Waals surface area contributed by atoms with Crippen molar-refractivity contribution in [2.75, 3.05) is 0 Å². The van der Waals surface area contributed by atoms with Gasteiger partial charge in [0.15, 0.2) is 0 Å². The van der Waals surface area contributed by atoms with Crippen LogP contribution in [0.25, 0.3) is 0 Å². The minimum absolute atomic E-state index is 0.0536. The Bertz CT molecular complexity index is 816. The molecule has 25 heavy (non-hydrogen) atoms. The first-order chi connectivity index (χ1) is 11.7. The minimum atomic E-state index is -3.62. The van der Waals surface area contributed by atoms with E-state index < -0.39 is 29.8 Å². The Hall–Kier alpha value is -2.67. The molecule has 0 saturated carbocycles. The molecule has 2 aromatic carbocycles. The third-order valence-corrected chi connectivity index (χ3v) is 4.08. The topological polar surface area (TPSA) is 52.9 Å². The number of halogens is 3. The third kappa shape index (κ3) is 3.02. The Morgan fingerprint density at radius 2 is 1.76 bits per heavy atom. The predicted octanol–water partition coefficient (Wildman–Crippen LogP) is 3.42. The second-order valence-corrected chi connectivity index (χ2v) is 5.92. The van der Waals surface area contributed by atoms with Crippen molar-refractivity contribution in [3.8, 4) is 0 Å². The maximum Gasteiger partial charge on any atom is 0.294 e. The lowest BCUT2D eigenvalue weighted by Crippen LogP contribution is -2.57. The summed E-state index contributed by atoms with van der Waals surface area (Å²) in [5.41, 5.74) is -2.16. The fourth-order valence-corrected chi connectivity index (χ4v) is 2.61. The van der Waals surface area contributed by atoms with Crippen LogP contribution in [0.2, 0.25) is 0 Å². The number of amides is 1. The van der Waals surface area contributed by atoms with Crippen molar-refractivity contribution < 1.29 is 23.1 Å². The van der Waals surface area contributed by atoms with Gasteiger partial charge >= 0.3 is 0 Å². The van der Waals surface area contributed by atoms with Crippen LogP contribution in [0.3, 0.4) is 0 Å². The molecule has 130 valence electrons. The van der Waals surface area contributed by atoms with Gasteiger partial charge < -0.3 is 5.11 Å². The van der Waals surface area contributed by atoms with Crippen molar-refractivity contribution in [2.45, 2.75) is 25.0 Å². The fourth-order valence-electron chi connectivity index (χ4n) is 2.61. The number of hydrazone groups is 1. The van der Waals surface area contributed by atoms with Gasteiger partial charge in [-0.15, -0.1) is 0 Å². The fraction of sp³-hybridized carbons (Fsp3) is 0.222. The Balaban J connectivity index is 2.04. The molecule has 1 aliphatic rings. The molecule has 1 amide bonds. The molecule has 4 nitrogen and oxygen atoms in total. The number of nitrogens with zero attached hydrogens (tertiary/aromatic N) is 2. The van der Waals surface area contributed by atoms with Crippen molar-refractivity contribution in [2.24, 2.45) is 5.10 Å². The van der Waals surface area contributed by atoms with Gasteiger partial charge in [0.25, 0.3) is 11.8 Å². The van der Waals surface area contributed by atoms with Gasteiger partial charge in [-0.3, -0.25) is 4.79 Å². The molecule has 0 unspecified atom stereocenters. The molecule has 0 radical (unpaired) electrons. The van der Waals surface area contributed by atoms with Crippen LogP contribution in [-0.2, 0) is 0 Å². The van der Waals surface area contributed by atoms with Crippen LogP contribution in [0.5, 0.6) is 0 Å². The number of hydrogen-bond donors (Lipinski definition) is 1. The smallest absolute Gasteiger partial charge is 0.294 e. The molecule has 1 heterocycles. The second-order valence-electron chi connectivity index (χ2n) is 5.92. The van der Waals surface area contributed by atoms with Crippen LogP contribution in [0.1, 0.15) is 29.3 Å². The Kier molecular flexibility index (Phi) is 4.12. The summed E-state index contributed by atoms with van der Waals surface area (Å²) in [6.45, 7) is 0.529. The molecule has 0 fully saturated rings. The summed E-state index contributed by atoms with van der Waals surface area (Å²) in [6.07, 6.45) is -0.520. The van der Waals surface area contributed by atoms with Gasteiger partial charge in [-0.1, -0.05) is 30.3 Å². The van der Waals surface area contributed by atoms with Gasteiger partial charge in [-0.25, -0.2) is 13.2 Å². The van der Waals surface area contributed by atoms with Crippen molar-refractivity contribution >= 4 is 11.6 Å². The van der Waals surface area contributed by atoms with Crippen molar-refractivity contribution in [3.63, 3.8) is 0 Å². The Morgan fingerprint density at radius 1 is 1.16 bits per heavy atom. The van der Waals surface area contributed by atoms with Crippen LogP contribution in [0.15, 0.2) is 59.7 Å². The monoisotopic (exact) mass is 348 g/mol. The lowest BCUT2D eigenvalue weighted by Gasteiger charge is -2.35. The first kappa shape index (κ1) is 17.2. The molecule has 0 saturated heterocycles. The molecule has 1 N–H and O–H groups in total. The summed E-state index contributed by atoms with van der Waals surface area (Å²) in [5.74, 6) is -5.12. The minimum Gasteiger partial charge on any atom is -0.364 e. The lowest BCUT2D eigenvalue weighted by atomic mass is 9.96. The number of benzene rings is 2. The zero-order valence-corrected chi connectivity index (χ0v) is 13.3. The zero-order chi connectivity index (χ0) is 18.2. The van der Waals surface area contributed by atoms with Crippen LogP contribution in [0, 0.1) is 5.82 Å². The van der Waals surface area contributed by atoms with E-state index in [4.69, 9.17) is 0 Å². The second kappa shape index (κ2) is 6.00. The van der Waals surface area contributed by atoms with Gasteiger partial charge in [-0.2, -0.15) is 10.1 Å². The van der Waals surface area contributed by atoms with Crippen LogP contribution in [-0.4, -0.2) is 33.4 Å². The van der Waals surface area contributed by atoms with Gasteiger partial charge in [0.1, 0.15) is 5.82 Å². The van der Waals surface area contributed by atoms with E-state index in [0.717, 1.165) is 24.3 Å². The van der Waals surface area contributed by atoms with E-state index in [1.54, 1.807) is 30.3 Å². The van der Waals surface area contributed by atoms with E-state index in [0.29, 0.717) is 17.5 Å². The van der Waals surface area contributed by atoms with E-state index in [9.17, 15) is 23.1 Å². The highest BCUT2D eigenvalue weighted by Gasteiger charge is 2.59. The number of aliphatic hydroxyl groups is 1. The van der Waals surface area contributed by atoms with Gasteiger partial charge in [-0.05, 0) is 29.8 Å². The van der Waals surface area contributed by atoms with E-state index in [1.165, 1.54) is 0 Å². The number of carbonyl (C=O) groups excluding carboxylic acids is 1. The van der Waals surface area contributed by atoms with E-state index in [1.807, 2.05) is 0 Å². The van der Waals surface area contributed by atoms with Crippen molar-refractivity contribution in [1.82, 2.24) is 5.01 Å². The average molecular weight is 348 g/mol. The summed E-state index contributed by atoms with van der Waals surface area (Å²) < 4.78 is 41.3. The van der Waals surface area contributed by atoms with Gasteiger partial charge in [0.2, 0.25) is 5.72 Å². The summed E-state index contributed by atoms with van der Waals surface area (Å²) in [4.78, 5) is 12.6. The van der Waals surface area contributed by atoms with Crippen LogP contribution >= 0.6 is 0 Å². The molecule has 0 bridgehead atoms. The quantitative estimate of drug-likeness (QED) is 0.924. The molecule has 3 rings (SSSR count). The lowest BCUT2D eigenvalue weighted by molar-refractivity contribution is -0.222. The summed E-state index contributed by atoms with van der Waals surface area (Å²) in [5, 5.41) is 14.9. The Labute approximate surface area is 142 Å². The highest BCUT2D eigenvalue weighted by Crippen LogP contribution is 2.40. The molecule has 0 aliphatic carbocycles. The SMILES string of the molecule is CC(F)(F)[C@@]1(O)CC(c2ccccc2)=NN1C(=O)c1ccc(F)cc1. The molecular formula is C18H15F3N2O2. The first-order valence-corrected chi connectivity index (χ1v) is 7.55. The predicted molar refractivity (Wildman–Crippen MR) is 85.7 cm³/mol. The molecule has 0 spiro atoms. The molecule has 7 heteroatoms. The first-order valence-electron chi connectivity index (χ1n) is 7.55. The molecule has 2 aromatic rings. The maximum absolute atomic E-state index is 14.1. The van der Waals surface area contributed by atoms with E-state index in [2.05, 4.69) is 5.10 Å². The number of rotatable bonds is 3. The van der Waals surface area contributed by atoms with Gasteiger partial charge in [0.05, 0.1) is 5.71 Å². The van der Waals surface area contributed by atoms with Crippen molar-refractivity contribution in [1.29, 1.82) is 0 Å².